The van der Waals surface area contributed by atoms with E-state index in [0.717, 1.165) is 6.07 Å². The van der Waals surface area contributed by atoms with Crippen molar-refractivity contribution in [3.8, 4) is 0 Å². The molecule has 15 heavy (non-hydrogen) atoms. The molecule has 0 amide bonds. The van der Waals surface area contributed by atoms with E-state index in [-0.39, 0.29) is 6.04 Å². The summed E-state index contributed by atoms with van der Waals surface area (Å²) in [6.45, 7) is 2.29. The highest BCUT2D eigenvalue weighted by atomic mass is 35.5. The molecule has 0 bridgehead atoms. The van der Waals surface area contributed by atoms with E-state index >= 15 is 0 Å². The zero-order chi connectivity index (χ0) is 11.4. The van der Waals surface area contributed by atoms with Crippen LogP contribution in [0.5, 0.6) is 0 Å². The van der Waals surface area contributed by atoms with Crippen LogP contribution in [-0.2, 0) is 6.54 Å². The Morgan fingerprint density at radius 2 is 2.07 bits per heavy atom. The van der Waals surface area contributed by atoms with Crippen LogP contribution >= 0.6 is 11.6 Å². The fraction of sp³-hybridized carbons (Fsp3) is 0.455. The number of halogens is 3. The first kappa shape index (κ1) is 12.4. The highest BCUT2D eigenvalue weighted by Gasteiger charge is 2.12. The molecule has 0 saturated heterocycles. The van der Waals surface area contributed by atoms with Gasteiger partial charge >= 0.3 is 0 Å². The predicted octanol–water partition coefficient (Wildman–Crippen LogP) is 3.02. The van der Waals surface area contributed by atoms with Gasteiger partial charge in [0.2, 0.25) is 0 Å². The Morgan fingerprint density at radius 3 is 2.67 bits per heavy atom. The van der Waals surface area contributed by atoms with Crippen LogP contribution in [-0.4, -0.2) is 23.9 Å². The van der Waals surface area contributed by atoms with Crippen LogP contribution in [0.4, 0.5) is 8.78 Å². The van der Waals surface area contributed by atoms with Gasteiger partial charge in [-0.2, -0.15) is 0 Å². The summed E-state index contributed by atoms with van der Waals surface area (Å²) in [6, 6.07) is 4.33. The number of nitrogens with zero attached hydrogens (tertiary/aromatic N) is 1. The normalized spacial score (nSPS) is 13.2. The molecular weight excluding hydrogens is 220 g/mol. The van der Waals surface area contributed by atoms with Gasteiger partial charge in [-0.1, -0.05) is 12.1 Å². The Hall–Kier alpha value is -0.670. The molecule has 1 aromatic carbocycles. The van der Waals surface area contributed by atoms with E-state index in [0.29, 0.717) is 18.0 Å². The van der Waals surface area contributed by atoms with Crippen molar-refractivity contribution < 1.29 is 8.78 Å². The van der Waals surface area contributed by atoms with Crippen molar-refractivity contribution in [3.63, 3.8) is 0 Å². The second kappa shape index (κ2) is 5.42. The second-order valence-corrected chi connectivity index (χ2v) is 3.94. The molecule has 84 valence electrons. The molecule has 1 aromatic rings. The third kappa shape index (κ3) is 3.14. The fourth-order valence-corrected chi connectivity index (χ4v) is 1.45. The Balaban J connectivity index is 2.76. The summed E-state index contributed by atoms with van der Waals surface area (Å²) in [5.41, 5.74) is 0.356. The number of rotatable bonds is 4. The summed E-state index contributed by atoms with van der Waals surface area (Å²) < 4.78 is 26.2. The number of alkyl halides is 1. The zero-order valence-electron chi connectivity index (χ0n) is 8.80. The van der Waals surface area contributed by atoms with Crippen molar-refractivity contribution >= 4 is 11.6 Å². The summed E-state index contributed by atoms with van der Waals surface area (Å²) in [4.78, 5) is 1.88. The number of hydrogen-bond donors (Lipinski definition) is 0. The van der Waals surface area contributed by atoms with Crippen LogP contribution in [0.2, 0.25) is 0 Å². The molecule has 0 spiro atoms. The lowest BCUT2D eigenvalue weighted by atomic mass is 10.2. The maximum atomic E-state index is 13.3. The molecule has 0 saturated carbocycles. The molecule has 0 aliphatic rings. The maximum Gasteiger partial charge on any atom is 0.163 e. The van der Waals surface area contributed by atoms with E-state index in [1.165, 1.54) is 6.07 Å². The smallest absolute Gasteiger partial charge is 0.163 e. The lowest BCUT2D eigenvalue weighted by Crippen LogP contribution is -2.30. The van der Waals surface area contributed by atoms with E-state index in [1.54, 1.807) is 6.07 Å². The van der Waals surface area contributed by atoms with Crippen LogP contribution in [0.25, 0.3) is 0 Å². The molecule has 0 aromatic heterocycles. The molecule has 0 radical (unpaired) electrons. The van der Waals surface area contributed by atoms with Crippen LogP contribution in [0.15, 0.2) is 18.2 Å². The minimum absolute atomic E-state index is 0.134. The third-order valence-electron chi connectivity index (χ3n) is 2.43. The molecule has 1 rings (SSSR count). The summed E-state index contributed by atoms with van der Waals surface area (Å²) in [5.74, 6) is -1.11. The van der Waals surface area contributed by atoms with Crippen molar-refractivity contribution in [2.45, 2.75) is 19.5 Å². The predicted molar refractivity (Wildman–Crippen MR) is 58.0 cm³/mol. The largest absolute Gasteiger partial charge is 0.298 e. The summed E-state index contributed by atoms with van der Waals surface area (Å²) in [6.07, 6.45) is 0. The highest BCUT2D eigenvalue weighted by molar-refractivity contribution is 6.18. The van der Waals surface area contributed by atoms with Gasteiger partial charge in [-0.3, -0.25) is 4.90 Å². The average molecular weight is 234 g/mol. The van der Waals surface area contributed by atoms with Gasteiger partial charge in [-0.15, -0.1) is 11.6 Å². The zero-order valence-corrected chi connectivity index (χ0v) is 9.56. The van der Waals surface area contributed by atoms with Gasteiger partial charge in [-0.05, 0) is 20.0 Å². The van der Waals surface area contributed by atoms with Gasteiger partial charge in [0, 0.05) is 24.0 Å². The van der Waals surface area contributed by atoms with E-state index in [4.69, 9.17) is 11.6 Å². The molecule has 4 heteroatoms. The monoisotopic (exact) mass is 233 g/mol. The van der Waals surface area contributed by atoms with Gasteiger partial charge in [-0.25, -0.2) is 8.78 Å². The topological polar surface area (TPSA) is 3.24 Å². The van der Waals surface area contributed by atoms with Crippen LogP contribution < -0.4 is 0 Å². The first-order valence-electron chi connectivity index (χ1n) is 4.75. The van der Waals surface area contributed by atoms with Crippen LogP contribution in [0.1, 0.15) is 12.5 Å². The SMILES string of the molecule is CC(CCl)N(C)Cc1cccc(F)c1F. The fourth-order valence-electron chi connectivity index (χ4n) is 1.21. The maximum absolute atomic E-state index is 13.3. The minimum atomic E-state index is -0.806. The lowest BCUT2D eigenvalue weighted by molar-refractivity contribution is 0.263. The Morgan fingerprint density at radius 1 is 1.40 bits per heavy atom. The molecule has 0 heterocycles. The molecule has 0 N–H and O–H groups in total. The van der Waals surface area contributed by atoms with Gasteiger partial charge < -0.3 is 0 Å². The molecule has 0 aliphatic carbocycles. The molecule has 0 aliphatic heterocycles. The van der Waals surface area contributed by atoms with E-state index in [2.05, 4.69) is 0 Å². The van der Waals surface area contributed by atoms with Gasteiger partial charge in [0.25, 0.3) is 0 Å². The summed E-state index contributed by atoms with van der Waals surface area (Å²) in [7, 11) is 1.83. The van der Waals surface area contributed by atoms with Gasteiger partial charge in [0.1, 0.15) is 0 Å². The van der Waals surface area contributed by atoms with Crippen molar-refractivity contribution in [2.24, 2.45) is 0 Å². The first-order valence-corrected chi connectivity index (χ1v) is 5.28. The Kier molecular flexibility index (Phi) is 4.48. The summed E-state index contributed by atoms with van der Waals surface area (Å²) >= 11 is 5.67. The van der Waals surface area contributed by atoms with Gasteiger partial charge in [0.15, 0.2) is 11.6 Å². The van der Waals surface area contributed by atoms with Crippen molar-refractivity contribution in [2.75, 3.05) is 12.9 Å². The molecule has 0 fully saturated rings. The molecule has 1 atom stereocenters. The van der Waals surface area contributed by atoms with Crippen molar-refractivity contribution in [1.82, 2.24) is 4.90 Å². The first-order chi connectivity index (χ1) is 7.06. The number of benzene rings is 1. The molecular formula is C11H14ClF2N. The van der Waals surface area contributed by atoms with Gasteiger partial charge in [0.05, 0.1) is 0 Å². The Bertz CT molecular complexity index is 330. The van der Waals surface area contributed by atoms with Crippen LogP contribution in [0, 0.1) is 11.6 Å². The van der Waals surface area contributed by atoms with Crippen molar-refractivity contribution in [1.29, 1.82) is 0 Å². The van der Waals surface area contributed by atoms with E-state index in [1.807, 2.05) is 18.9 Å². The third-order valence-corrected chi connectivity index (χ3v) is 2.87. The average Bonchev–Trinajstić information content (AvgIpc) is 2.23. The van der Waals surface area contributed by atoms with Crippen LogP contribution in [0.3, 0.4) is 0 Å². The molecule has 1 nitrogen and oxygen atoms in total. The molecule has 1 unspecified atom stereocenters. The van der Waals surface area contributed by atoms with E-state index < -0.39 is 11.6 Å². The van der Waals surface area contributed by atoms with Crippen molar-refractivity contribution in [3.05, 3.63) is 35.4 Å². The number of hydrogen-bond acceptors (Lipinski definition) is 1. The Labute approximate surface area is 93.7 Å². The quantitative estimate of drug-likeness (QED) is 0.723. The standard InChI is InChI=1S/C11H14ClF2N/c1-8(6-12)15(2)7-9-4-3-5-10(13)11(9)14/h3-5,8H,6-7H2,1-2H3. The van der Waals surface area contributed by atoms with E-state index in [9.17, 15) is 8.78 Å². The lowest BCUT2D eigenvalue weighted by Gasteiger charge is -2.22. The summed E-state index contributed by atoms with van der Waals surface area (Å²) in [5, 5.41) is 0. The minimum Gasteiger partial charge on any atom is -0.298 e. The highest BCUT2D eigenvalue weighted by Crippen LogP contribution is 2.14. The second-order valence-electron chi connectivity index (χ2n) is 3.63.